The first-order valence-corrected chi connectivity index (χ1v) is 11.1. The minimum absolute atomic E-state index is 0.0250. The van der Waals surface area contributed by atoms with Gasteiger partial charge in [0.15, 0.2) is 5.78 Å². The second-order valence-corrected chi connectivity index (χ2v) is 8.28. The Kier molecular flexibility index (Phi) is 8.39. The minimum Gasteiger partial charge on any atom is -0.469 e. The van der Waals surface area contributed by atoms with Crippen LogP contribution >= 0.6 is 0 Å². The Labute approximate surface area is 184 Å². The van der Waals surface area contributed by atoms with Gasteiger partial charge in [-0.25, -0.2) is 0 Å². The Bertz CT molecular complexity index is 859. The molecule has 0 aliphatic heterocycles. The zero-order valence-corrected chi connectivity index (χ0v) is 18.2. The van der Waals surface area contributed by atoms with Gasteiger partial charge in [0.25, 0.3) is 5.91 Å². The second kappa shape index (κ2) is 11.4. The van der Waals surface area contributed by atoms with Gasteiger partial charge in [-0.15, -0.1) is 0 Å². The smallest absolute Gasteiger partial charge is 0.309 e. The third kappa shape index (κ3) is 6.51. The van der Waals surface area contributed by atoms with Crippen molar-refractivity contribution in [3.05, 3.63) is 71.8 Å². The molecule has 0 N–H and O–H groups in total. The number of benzene rings is 2. The molecule has 1 atom stereocenters. The van der Waals surface area contributed by atoms with Crippen molar-refractivity contribution >= 4 is 17.7 Å². The fourth-order valence-corrected chi connectivity index (χ4v) is 4.42. The molecule has 31 heavy (non-hydrogen) atoms. The number of rotatable bonds is 9. The molecule has 0 radical (unpaired) electrons. The normalized spacial score (nSPS) is 15.1. The number of Topliss-reactive ketones (excluding diaryl/α,β-unsaturated/α-hetero) is 1. The molecule has 1 amide bonds. The van der Waals surface area contributed by atoms with E-state index in [-0.39, 0.29) is 36.5 Å². The summed E-state index contributed by atoms with van der Waals surface area (Å²) in [5, 5.41) is 0. The average Bonchev–Trinajstić information content (AvgIpc) is 2.83. The molecule has 5 heteroatoms. The number of esters is 1. The molecule has 164 valence electrons. The molecule has 1 aliphatic rings. The van der Waals surface area contributed by atoms with E-state index in [0.717, 1.165) is 31.2 Å². The lowest BCUT2D eigenvalue weighted by Crippen LogP contribution is -2.37. The largest absolute Gasteiger partial charge is 0.469 e. The summed E-state index contributed by atoms with van der Waals surface area (Å²) in [5.74, 6) is -0.865. The zero-order chi connectivity index (χ0) is 22.1. The number of ether oxygens (including phenoxy) is 1. The number of carbonyl (C=O) groups excluding carboxylic acids is 3. The summed E-state index contributed by atoms with van der Waals surface area (Å²) >= 11 is 0. The van der Waals surface area contributed by atoms with E-state index in [4.69, 9.17) is 4.74 Å². The lowest BCUT2D eigenvalue weighted by Gasteiger charge is -2.29. The van der Waals surface area contributed by atoms with Crippen molar-refractivity contribution in [1.29, 1.82) is 0 Å². The molecule has 0 aromatic heterocycles. The second-order valence-electron chi connectivity index (χ2n) is 8.28. The van der Waals surface area contributed by atoms with Crippen LogP contribution in [0.4, 0.5) is 0 Å². The molecule has 2 aromatic carbocycles. The van der Waals surface area contributed by atoms with Crippen molar-refractivity contribution in [3.63, 3.8) is 0 Å². The predicted octanol–water partition coefficient (Wildman–Crippen LogP) is 4.66. The van der Waals surface area contributed by atoms with Gasteiger partial charge >= 0.3 is 5.97 Å². The van der Waals surface area contributed by atoms with Crippen LogP contribution in [0.3, 0.4) is 0 Å². The first-order chi connectivity index (χ1) is 15.1. The highest BCUT2D eigenvalue weighted by Crippen LogP contribution is 2.32. The Morgan fingerprint density at radius 1 is 0.935 bits per heavy atom. The quantitative estimate of drug-likeness (QED) is 0.553. The van der Waals surface area contributed by atoms with E-state index >= 15 is 0 Å². The molecule has 1 aliphatic carbocycles. The first kappa shape index (κ1) is 22.7. The Morgan fingerprint density at radius 3 is 2.16 bits per heavy atom. The lowest BCUT2D eigenvalue weighted by molar-refractivity contribution is -0.150. The van der Waals surface area contributed by atoms with Crippen molar-refractivity contribution < 1.29 is 19.1 Å². The van der Waals surface area contributed by atoms with Crippen LogP contribution in [0.5, 0.6) is 0 Å². The summed E-state index contributed by atoms with van der Waals surface area (Å²) in [6, 6.07) is 18.6. The number of amides is 1. The van der Waals surface area contributed by atoms with E-state index in [1.807, 2.05) is 48.5 Å². The molecule has 1 saturated carbocycles. The van der Waals surface area contributed by atoms with Crippen molar-refractivity contribution in [2.24, 2.45) is 11.8 Å². The van der Waals surface area contributed by atoms with Crippen LogP contribution in [0, 0.1) is 11.8 Å². The van der Waals surface area contributed by atoms with Gasteiger partial charge < -0.3 is 9.64 Å². The van der Waals surface area contributed by atoms with Gasteiger partial charge in [0.05, 0.1) is 19.6 Å². The highest BCUT2D eigenvalue weighted by atomic mass is 16.5. The summed E-state index contributed by atoms with van der Waals surface area (Å²) in [5.41, 5.74) is 1.50. The molecule has 2 aromatic rings. The topological polar surface area (TPSA) is 63.7 Å². The van der Waals surface area contributed by atoms with Crippen LogP contribution in [0.1, 0.15) is 54.4 Å². The maximum Gasteiger partial charge on any atom is 0.309 e. The summed E-state index contributed by atoms with van der Waals surface area (Å²) in [6.45, 7) is 0.315. The molecule has 0 unspecified atom stereocenters. The standard InChI is InChI=1S/C26H31NO4/c1-31-26(30)24(21-13-7-3-8-14-21)17-23(28)19-27(18-20-11-5-2-6-12-20)25(29)22-15-9-4-10-16-22/h2,4-6,9-12,15-16,21,24H,3,7-8,13-14,17-19H2,1H3/t24-/m0/s1. The molecule has 0 heterocycles. The van der Waals surface area contributed by atoms with Crippen molar-refractivity contribution in [2.75, 3.05) is 13.7 Å². The molecule has 0 bridgehead atoms. The van der Waals surface area contributed by atoms with Crippen molar-refractivity contribution in [1.82, 2.24) is 4.90 Å². The van der Waals surface area contributed by atoms with E-state index in [1.165, 1.54) is 13.5 Å². The SMILES string of the molecule is COC(=O)[C@@H](CC(=O)CN(Cc1ccccc1)C(=O)c1ccccc1)C1CCCCC1. The zero-order valence-electron chi connectivity index (χ0n) is 18.2. The summed E-state index contributed by atoms with van der Waals surface area (Å²) in [4.78, 5) is 40.2. The van der Waals surface area contributed by atoms with Gasteiger partial charge in [0.1, 0.15) is 0 Å². The number of methoxy groups -OCH3 is 1. The van der Waals surface area contributed by atoms with Crippen LogP contribution in [0.2, 0.25) is 0 Å². The number of ketones is 1. The van der Waals surface area contributed by atoms with E-state index in [1.54, 1.807) is 17.0 Å². The fourth-order valence-electron chi connectivity index (χ4n) is 4.42. The molecule has 3 rings (SSSR count). The monoisotopic (exact) mass is 421 g/mol. The fraction of sp³-hybridized carbons (Fsp3) is 0.423. The Balaban J connectivity index is 1.74. The van der Waals surface area contributed by atoms with Crippen molar-refractivity contribution in [2.45, 2.75) is 45.1 Å². The van der Waals surface area contributed by atoms with E-state index < -0.39 is 5.92 Å². The number of hydrogen-bond acceptors (Lipinski definition) is 4. The first-order valence-electron chi connectivity index (χ1n) is 11.1. The molecule has 5 nitrogen and oxygen atoms in total. The van der Waals surface area contributed by atoms with Gasteiger partial charge in [-0.05, 0) is 36.5 Å². The number of hydrogen-bond donors (Lipinski definition) is 0. The van der Waals surface area contributed by atoms with Gasteiger partial charge in [-0.1, -0.05) is 67.8 Å². The van der Waals surface area contributed by atoms with Gasteiger partial charge in [0.2, 0.25) is 0 Å². The predicted molar refractivity (Wildman–Crippen MR) is 119 cm³/mol. The van der Waals surface area contributed by atoms with Gasteiger partial charge in [-0.2, -0.15) is 0 Å². The summed E-state index contributed by atoms with van der Waals surface area (Å²) in [7, 11) is 1.38. The Hall–Kier alpha value is -2.95. The Morgan fingerprint density at radius 2 is 1.55 bits per heavy atom. The maximum atomic E-state index is 13.1. The maximum absolute atomic E-state index is 13.1. The van der Waals surface area contributed by atoms with Crippen LogP contribution in [0.15, 0.2) is 60.7 Å². The van der Waals surface area contributed by atoms with E-state index in [0.29, 0.717) is 12.1 Å². The third-order valence-corrected chi connectivity index (χ3v) is 6.06. The highest BCUT2D eigenvalue weighted by molar-refractivity contribution is 5.97. The van der Waals surface area contributed by atoms with E-state index in [2.05, 4.69) is 0 Å². The van der Waals surface area contributed by atoms with Gasteiger partial charge in [-0.3, -0.25) is 14.4 Å². The van der Waals surface area contributed by atoms with Crippen LogP contribution in [-0.2, 0) is 20.9 Å². The van der Waals surface area contributed by atoms with Crippen LogP contribution in [-0.4, -0.2) is 36.2 Å². The third-order valence-electron chi connectivity index (χ3n) is 6.06. The molecular weight excluding hydrogens is 390 g/mol. The van der Waals surface area contributed by atoms with Crippen LogP contribution in [0.25, 0.3) is 0 Å². The van der Waals surface area contributed by atoms with Crippen molar-refractivity contribution in [3.8, 4) is 0 Å². The summed E-state index contributed by atoms with van der Waals surface area (Å²) < 4.78 is 5.01. The molecule has 1 fully saturated rings. The van der Waals surface area contributed by atoms with E-state index in [9.17, 15) is 14.4 Å². The summed E-state index contributed by atoms with van der Waals surface area (Å²) in [6.07, 6.45) is 5.35. The van der Waals surface area contributed by atoms with Crippen LogP contribution < -0.4 is 0 Å². The minimum atomic E-state index is -0.428. The molecular formula is C26H31NO4. The average molecular weight is 422 g/mol. The molecule has 0 spiro atoms. The molecule has 0 saturated heterocycles. The number of carbonyl (C=O) groups is 3. The van der Waals surface area contributed by atoms with Gasteiger partial charge in [0, 0.05) is 18.5 Å². The highest BCUT2D eigenvalue weighted by Gasteiger charge is 2.33. The lowest BCUT2D eigenvalue weighted by atomic mass is 9.78. The number of nitrogens with zero attached hydrogens (tertiary/aromatic N) is 1.